The molecular weight excluding hydrogens is 286 g/mol. The third-order valence-corrected chi connectivity index (χ3v) is 4.19. The average molecular weight is 303 g/mol. The molecule has 0 fully saturated rings. The maximum absolute atomic E-state index is 12.4. The highest BCUT2D eigenvalue weighted by atomic mass is 16.1. The number of amides is 1. The molecule has 0 atom stereocenters. The second-order valence-corrected chi connectivity index (χ2v) is 5.52. The van der Waals surface area contributed by atoms with Crippen molar-refractivity contribution >= 4 is 22.5 Å². The van der Waals surface area contributed by atoms with Crippen LogP contribution in [-0.2, 0) is 18.3 Å². The first-order valence-corrected chi connectivity index (χ1v) is 7.43. The molecule has 4 nitrogen and oxygen atoms in total. The van der Waals surface area contributed by atoms with E-state index < -0.39 is 0 Å². The van der Waals surface area contributed by atoms with E-state index in [1.54, 1.807) is 24.3 Å². The van der Waals surface area contributed by atoms with Gasteiger partial charge in [-0.15, -0.1) is 0 Å². The van der Waals surface area contributed by atoms with Crippen LogP contribution in [0.15, 0.2) is 48.5 Å². The summed E-state index contributed by atoms with van der Waals surface area (Å²) in [4.78, 5) is 12.4. The molecule has 1 heterocycles. The fraction of sp³-hybridized carbons (Fsp3) is 0.158. The molecule has 3 aromatic rings. The molecule has 0 aliphatic heterocycles. The van der Waals surface area contributed by atoms with E-state index in [9.17, 15) is 4.79 Å². The second kappa shape index (κ2) is 5.98. The van der Waals surface area contributed by atoms with Crippen LogP contribution in [-0.4, -0.2) is 10.5 Å². The van der Waals surface area contributed by atoms with Crippen molar-refractivity contribution < 1.29 is 4.79 Å². The Balaban J connectivity index is 1.90. The predicted octanol–water partition coefficient (Wildman–Crippen LogP) is 3.54. The Labute approximate surface area is 135 Å². The fourth-order valence-corrected chi connectivity index (χ4v) is 2.87. The third-order valence-electron chi connectivity index (χ3n) is 4.19. The van der Waals surface area contributed by atoms with E-state index in [1.807, 2.05) is 32.2 Å². The Morgan fingerprint density at radius 1 is 1.17 bits per heavy atom. The highest BCUT2D eigenvalue weighted by Gasteiger charge is 2.15. The minimum absolute atomic E-state index is 0.118. The maximum Gasteiger partial charge on any atom is 0.228 e. The largest absolute Gasteiger partial charge is 0.348 e. The molecule has 0 aliphatic rings. The van der Waals surface area contributed by atoms with Gasteiger partial charge in [0.25, 0.3) is 0 Å². The molecule has 0 spiro atoms. The lowest BCUT2D eigenvalue weighted by molar-refractivity contribution is -0.115. The van der Waals surface area contributed by atoms with Crippen molar-refractivity contribution in [1.29, 1.82) is 5.26 Å². The smallest absolute Gasteiger partial charge is 0.228 e. The van der Waals surface area contributed by atoms with Crippen LogP contribution < -0.4 is 5.32 Å². The van der Waals surface area contributed by atoms with Crippen molar-refractivity contribution in [2.75, 3.05) is 5.32 Å². The summed E-state index contributed by atoms with van der Waals surface area (Å²) < 4.78 is 2.10. The summed E-state index contributed by atoms with van der Waals surface area (Å²) in [5, 5.41) is 13.0. The zero-order chi connectivity index (χ0) is 16.4. The first kappa shape index (κ1) is 14.9. The van der Waals surface area contributed by atoms with Crippen molar-refractivity contribution in [2.45, 2.75) is 13.3 Å². The number of fused-ring (bicyclic) bond motifs is 1. The van der Waals surface area contributed by atoms with Crippen LogP contribution in [0.2, 0.25) is 0 Å². The van der Waals surface area contributed by atoms with Crippen molar-refractivity contribution in [3.05, 3.63) is 65.4 Å². The number of hydrogen-bond acceptors (Lipinski definition) is 2. The Morgan fingerprint density at radius 2 is 1.87 bits per heavy atom. The molecule has 114 valence electrons. The third kappa shape index (κ3) is 2.69. The summed E-state index contributed by atoms with van der Waals surface area (Å²) in [6, 6.07) is 17.2. The number of benzene rings is 2. The van der Waals surface area contributed by atoms with Crippen LogP contribution in [0.3, 0.4) is 0 Å². The molecule has 1 amide bonds. The highest BCUT2D eigenvalue weighted by molar-refractivity contribution is 5.97. The van der Waals surface area contributed by atoms with Crippen LogP contribution in [0, 0.1) is 18.3 Å². The monoisotopic (exact) mass is 303 g/mol. The lowest BCUT2D eigenvalue weighted by atomic mass is 10.1. The summed E-state index contributed by atoms with van der Waals surface area (Å²) in [6.45, 7) is 2.02. The summed E-state index contributed by atoms with van der Waals surface area (Å²) in [7, 11) is 2.00. The number of carbonyl (C=O) groups excluding carboxylic acids is 1. The van der Waals surface area contributed by atoms with Gasteiger partial charge in [0.2, 0.25) is 5.91 Å². The van der Waals surface area contributed by atoms with E-state index in [-0.39, 0.29) is 12.3 Å². The van der Waals surface area contributed by atoms with Gasteiger partial charge in [-0.1, -0.05) is 30.3 Å². The van der Waals surface area contributed by atoms with E-state index in [1.165, 1.54) is 0 Å². The summed E-state index contributed by atoms with van der Waals surface area (Å²) in [5.41, 5.74) is 4.24. The Morgan fingerprint density at radius 3 is 2.65 bits per heavy atom. The fourth-order valence-electron chi connectivity index (χ4n) is 2.87. The lowest BCUT2D eigenvalue weighted by Gasteiger charge is -2.07. The molecule has 0 saturated carbocycles. The van der Waals surface area contributed by atoms with Gasteiger partial charge in [0.15, 0.2) is 0 Å². The van der Waals surface area contributed by atoms with Gasteiger partial charge in [0.05, 0.1) is 17.7 Å². The molecule has 0 bridgehead atoms. The van der Waals surface area contributed by atoms with Crippen molar-refractivity contribution in [3.63, 3.8) is 0 Å². The summed E-state index contributed by atoms with van der Waals surface area (Å²) in [6.07, 6.45) is 0.285. The van der Waals surface area contributed by atoms with Crippen molar-refractivity contribution in [1.82, 2.24) is 4.57 Å². The molecule has 2 aromatic carbocycles. The van der Waals surface area contributed by atoms with Gasteiger partial charge in [-0.3, -0.25) is 4.79 Å². The Hall–Kier alpha value is -3.06. The molecule has 1 N–H and O–H groups in total. The van der Waals surface area contributed by atoms with Gasteiger partial charge >= 0.3 is 0 Å². The first-order valence-electron chi connectivity index (χ1n) is 7.43. The minimum atomic E-state index is -0.118. The zero-order valence-electron chi connectivity index (χ0n) is 13.1. The summed E-state index contributed by atoms with van der Waals surface area (Å²) in [5.74, 6) is -0.118. The van der Waals surface area contributed by atoms with Gasteiger partial charge in [-0.25, -0.2) is 0 Å². The maximum atomic E-state index is 12.4. The van der Waals surface area contributed by atoms with Gasteiger partial charge in [-0.05, 0) is 30.7 Å². The van der Waals surface area contributed by atoms with E-state index in [4.69, 9.17) is 5.26 Å². The number of aryl methyl sites for hydroxylation is 1. The molecule has 0 aliphatic carbocycles. The Kier molecular flexibility index (Phi) is 3.86. The average Bonchev–Trinajstić information content (AvgIpc) is 2.81. The van der Waals surface area contributed by atoms with Crippen molar-refractivity contribution in [3.8, 4) is 6.07 Å². The molecule has 0 saturated heterocycles. The minimum Gasteiger partial charge on any atom is -0.348 e. The molecule has 3 rings (SSSR count). The lowest BCUT2D eigenvalue weighted by Crippen LogP contribution is -2.15. The van der Waals surface area contributed by atoms with Gasteiger partial charge in [0.1, 0.15) is 6.07 Å². The normalized spacial score (nSPS) is 10.5. The number of nitrogens with zero attached hydrogens (tertiary/aromatic N) is 2. The summed E-state index contributed by atoms with van der Waals surface area (Å²) >= 11 is 0. The van der Waals surface area contributed by atoms with Gasteiger partial charge in [0, 0.05) is 23.6 Å². The number of nitriles is 1. The van der Waals surface area contributed by atoms with Crippen molar-refractivity contribution in [2.24, 2.45) is 7.05 Å². The molecule has 0 radical (unpaired) electrons. The second-order valence-electron chi connectivity index (χ2n) is 5.52. The van der Waals surface area contributed by atoms with Crippen LogP contribution in [0.4, 0.5) is 5.69 Å². The molecule has 1 aromatic heterocycles. The van der Waals surface area contributed by atoms with Crippen LogP contribution >= 0.6 is 0 Å². The molecular formula is C19H17N3O. The Bertz CT molecular complexity index is 931. The van der Waals surface area contributed by atoms with E-state index in [0.717, 1.165) is 22.2 Å². The standard InChI is InChI=1S/C19H17N3O/c1-13-16(15-8-4-6-10-18(15)22(13)2)11-19(23)21-17-9-5-3-7-14(17)12-20/h3-10H,11H2,1-2H3,(H,21,23). The number of nitrogens with one attached hydrogen (secondary N) is 1. The number of aromatic nitrogens is 1. The zero-order valence-corrected chi connectivity index (χ0v) is 13.1. The van der Waals surface area contributed by atoms with Gasteiger partial charge < -0.3 is 9.88 Å². The van der Waals surface area contributed by atoms with E-state index >= 15 is 0 Å². The predicted molar refractivity (Wildman–Crippen MR) is 91.1 cm³/mol. The molecule has 23 heavy (non-hydrogen) atoms. The van der Waals surface area contributed by atoms with Crippen LogP contribution in [0.25, 0.3) is 10.9 Å². The topological polar surface area (TPSA) is 57.8 Å². The molecule has 0 unspecified atom stereocenters. The number of rotatable bonds is 3. The highest BCUT2D eigenvalue weighted by Crippen LogP contribution is 2.25. The number of anilines is 1. The number of hydrogen-bond donors (Lipinski definition) is 1. The van der Waals surface area contributed by atoms with E-state index in [0.29, 0.717) is 11.3 Å². The van der Waals surface area contributed by atoms with E-state index in [2.05, 4.69) is 22.0 Å². The first-order chi connectivity index (χ1) is 11.1. The van der Waals surface area contributed by atoms with Gasteiger partial charge in [-0.2, -0.15) is 5.26 Å². The quantitative estimate of drug-likeness (QED) is 0.804. The SMILES string of the molecule is Cc1c(CC(=O)Nc2ccccc2C#N)c2ccccc2n1C. The van der Waals surface area contributed by atoms with Crippen LogP contribution in [0.1, 0.15) is 16.8 Å². The molecule has 4 heteroatoms. The number of carbonyl (C=O) groups is 1. The number of para-hydroxylation sites is 2. The van der Waals surface area contributed by atoms with Crippen LogP contribution in [0.5, 0.6) is 0 Å².